The number of ketones is 4. The van der Waals surface area contributed by atoms with Crippen LogP contribution in [-0.4, -0.2) is 172 Å². The topological polar surface area (TPSA) is 232 Å². The van der Waals surface area contributed by atoms with Gasteiger partial charge >= 0.3 is 35.5 Å². The van der Waals surface area contributed by atoms with Crippen molar-refractivity contribution >= 4 is 63.0 Å². The second-order valence-corrected chi connectivity index (χ2v) is 38.3. The van der Waals surface area contributed by atoms with E-state index < -0.39 is 138 Å². The molecule has 0 amide bonds. The van der Waals surface area contributed by atoms with E-state index in [9.17, 15) is 53.6 Å². The third-order valence-corrected chi connectivity index (χ3v) is 34.1. The minimum atomic E-state index is -2.18. The first-order valence-corrected chi connectivity index (χ1v) is 41.9. The van der Waals surface area contributed by atoms with Crippen molar-refractivity contribution in [2.45, 2.75) is 179 Å². The van der Waals surface area contributed by atoms with E-state index in [1.165, 1.54) is 67.5 Å². The summed E-state index contributed by atoms with van der Waals surface area (Å²) in [4.78, 5) is 83.3. The van der Waals surface area contributed by atoms with Gasteiger partial charge in [0.1, 0.15) is 30.3 Å². The zero-order valence-electron chi connectivity index (χ0n) is 66.9. The molecule has 19 rings (SSSR count). The monoisotopic (exact) mass is 1620 g/mol. The van der Waals surface area contributed by atoms with Gasteiger partial charge in [0, 0.05) is 110 Å². The number of aliphatic carboxylic acids is 1. The molecular formula is C91H107F7N3NaO12S. The maximum Gasteiger partial charge on any atom is 1.00 e. The van der Waals surface area contributed by atoms with E-state index in [2.05, 4.69) is 21.6 Å². The van der Waals surface area contributed by atoms with Crippen molar-refractivity contribution in [2.75, 3.05) is 73.2 Å². The van der Waals surface area contributed by atoms with Crippen LogP contribution < -0.4 is 44.3 Å². The predicted molar refractivity (Wildman–Crippen MR) is 419 cm³/mol. The Bertz CT molecular complexity index is 4530. The number of alkyl halides is 7. The molecule has 16 aliphatic rings. The predicted octanol–water partition coefficient (Wildman–Crippen LogP) is 12.0. The zero-order valence-corrected chi connectivity index (χ0v) is 69.7. The Morgan fingerprint density at radius 2 is 0.783 bits per heavy atom. The number of hydrogen-bond acceptors (Lipinski definition) is 15. The summed E-state index contributed by atoms with van der Waals surface area (Å²) in [5.41, 5.74) is -12.7. The molecule has 12 aliphatic carbocycles. The van der Waals surface area contributed by atoms with E-state index in [-0.39, 0.29) is 155 Å². The summed E-state index contributed by atoms with van der Waals surface area (Å²) >= 11 is 0.656. The van der Waals surface area contributed by atoms with Crippen molar-refractivity contribution in [3.8, 4) is 0 Å². The number of allylic oxidation sites excluding steroid dienone is 12. The number of carbonyl (C=O) groups is 6. The molecular weight excluding hydrogens is 1520 g/mol. The second kappa shape index (κ2) is 30.0. The fraction of sp³-hybridized carbons (Fsp3) is 0.604. The Morgan fingerprint density at radius 3 is 1.10 bits per heavy atom. The number of anilines is 3. The number of hydrogen-bond donors (Lipinski definition) is 4. The number of aliphatic hydroxyl groups excluding tert-OH is 3. The first-order chi connectivity index (χ1) is 53.5. The number of carboxylic acid groups (broad SMARTS) is 1. The van der Waals surface area contributed by atoms with Crippen molar-refractivity contribution in [3.63, 3.8) is 0 Å². The fourth-order valence-electron chi connectivity index (χ4n) is 28.0. The third-order valence-electron chi connectivity index (χ3n) is 33.4. The number of fused-ring (bicyclic) bond motifs is 21. The third kappa shape index (κ3) is 11.7. The molecule has 15 nitrogen and oxygen atoms in total. The molecule has 0 bridgehead atoms. The first kappa shape index (κ1) is 85.4. The molecule has 5 N–H and O–H groups in total. The fourth-order valence-corrected chi connectivity index (χ4v) is 28.9. The summed E-state index contributed by atoms with van der Waals surface area (Å²) in [7, 11) is 0. The Labute approximate surface area is 695 Å². The molecule has 115 heavy (non-hydrogen) atoms. The zero-order chi connectivity index (χ0) is 80.6. The molecule has 24 heteroatoms. The molecule has 0 radical (unpaired) electrons. The van der Waals surface area contributed by atoms with Gasteiger partial charge in [-0.05, 0) is 233 Å². The van der Waals surface area contributed by atoms with Crippen molar-refractivity contribution in [1.82, 2.24) is 0 Å². The Morgan fingerprint density at radius 1 is 0.478 bits per heavy atom. The SMILES string of the molecule is C1CCOC1.CCC(=O)[C@@]12CN(c3ccccc3)C[C@@H]1C[C@H]1[C@@H]3C[C@H](F)C4=CC(=O)C=C[C@]4(C)[C@@]3(F)[C@@H](O)C[C@@]12C.C[C@]12C=CC(=O)C=C1[C@@H](F)C[C@H]1[C@@H]3C[C@H]4CN(c5ccccc5)C[C@@]4(C(=O)O)[C@@]3(C)C[C@H](O)[C@@]12F.C[C@]12C=CC(=O)C=C1[C@@H](F)C[C@H]1[C@@H]3C[C@H]4CN(c5ccccc5)C[C@@]4(C(=O)SCF)[C@@]3(C)C[C@H](O)[C@@]12F.[Na+].[OH-]. The van der Waals surface area contributed by atoms with E-state index in [0.29, 0.717) is 70.2 Å². The van der Waals surface area contributed by atoms with E-state index >= 15 is 26.3 Å². The number of para-hydroxylation sites is 3. The smallest absolute Gasteiger partial charge is 0.870 e. The molecule has 9 saturated carbocycles. The molecule has 3 aromatic rings. The number of Topliss-reactive ketones (excluding diaryl/α,β-unsaturated/α-hetero) is 1. The van der Waals surface area contributed by atoms with E-state index in [1.54, 1.807) is 20.8 Å². The van der Waals surface area contributed by atoms with Gasteiger partial charge in [0.2, 0.25) is 0 Å². The van der Waals surface area contributed by atoms with Gasteiger partial charge in [-0.2, -0.15) is 0 Å². The average molecular weight is 1620 g/mol. The van der Waals surface area contributed by atoms with Gasteiger partial charge in [-0.1, -0.05) is 112 Å². The average Bonchev–Trinajstić information content (AvgIpc) is 1.33. The number of halogens is 7. The van der Waals surface area contributed by atoms with Crippen LogP contribution in [0.15, 0.2) is 162 Å². The van der Waals surface area contributed by atoms with Crippen LogP contribution >= 0.6 is 11.8 Å². The van der Waals surface area contributed by atoms with Gasteiger partial charge in [-0.3, -0.25) is 28.8 Å². The Balaban J connectivity index is 0.000000137. The minimum Gasteiger partial charge on any atom is -0.870 e. The molecule has 3 aromatic carbocycles. The summed E-state index contributed by atoms with van der Waals surface area (Å²) < 4.78 is 118. The molecule has 0 unspecified atom stereocenters. The largest absolute Gasteiger partial charge is 1.00 e. The van der Waals surface area contributed by atoms with Crippen LogP contribution in [0.2, 0.25) is 0 Å². The first-order valence-electron chi connectivity index (χ1n) is 40.9. The van der Waals surface area contributed by atoms with E-state index in [4.69, 9.17) is 4.74 Å². The quantitative estimate of drug-likeness (QED) is 0.121. The number of aliphatic hydroxyl groups is 3. The van der Waals surface area contributed by atoms with Crippen molar-refractivity contribution in [3.05, 3.63) is 162 Å². The van der Waals surface area contributed by atoms with Gasteiger partial charge in [0.15, 0.2) is 39.5 Å². The molecule has 0 spiro atoms. The van der Waals surface area contributed by atoms with Crippen molar-refractivity contribution < 1.29 is 120 Å². The van der Waals surface area contributed by atoms with Gasteiger partial charge in [-0.15, -0.1) is 0 Å². The van der Waals surface area contributed by atoms with Crippen LogP contribution in [0.5, 0.6) is 0 Å². The number of thioether (sulfide) groups is 1. The molecule has 4 saturated heterocycles. The second-order valence-electron chi connectivity index (χ2n) is 37.4. The minimum absolute atomic E-state index is 0. The normalized spacial score (nSPS) is 45.2. The van der Waals surface area contributed by atoms with Gasteiger partial charge < -0.3 is 45.3 Å². The molecule has 13 fully saturated rings. The maximum absolute atomic E-state index is 17.5. The van der Waals surface area contributed by atoms with Crippen LogP contribution in [0.3, 0.4) is 0 Å². The van der Waals surface area contributed by atoms with Crippen molar-refractivity contribution in [1.29, 1.82) is 0 Å². The number of carbonyl (C=O) groups excluding carboxylic acids is 5. The maximum atomic E-state index is 17.5. The van der Waals surface area contributed by atoms with Crippen LogP contribution in [0.1, 0.15) is 126 Å². The number of benzene rings is 3. The summed E-state index contributed by atoms with van der Waals surface area (Å²) in [6.45, 7) is 17.5. The van der Waals surface area contributed by atoms with Gasteiger partial charge in [-0.25, -0.2) is 30.7 Å². The summed E-state index contributed by atoms with van der Waals surface area (Å²) in [6, 6.07) is 28.6. The molecule has 4 heterocycles. The Kier molecular flexibility index (Phi) is 22.3. The number of nitrogens with zero attached hydrogens (tertiary/aromatic N) is 3. The van der Waals surface area contributed by atoms with Gasteiger partial charge in [0.05, 0.1) is 34.6 Å². The molecule has 614 valence electrons. The number of rotatable bonds is 8. The summed E-state index contributed by atoms with van der Waals surface area (Å²) in [5.74, 6) is -5.67. The van der Waals surface area contributed by atoms with Crippen LogP contribution in [-0.2, 0) is 33.5 Å². The molecule has 27 atom stereocenters. The van der Waals surface area contributed by atoms with Crippen molar-refractivity contribution in [2.24, 2.45) is 102 Å². The van der Waals surface area contributed by atoms with Crippen LogP contribution in [0.4, 0.5) is 47.8 Å². The van der Waals surface area contributed by atoms with Crippen LogP contribution in [0.25, 0.3) is 0 Å². The summed E-state index contributed by atoms with van der Waals surface area (Å²) in [6.07, 6.45) is 7.32. The Hall–Kier alpha value is -6.02. The molecule has 4 aliphatic heterocycles. The number of carboxylic acids is 1. The molecule has 0 aromatic heterocycles. The number of ether oxygens (including phenoxy) is 1. The van der Waals surface area contributed by atoms with Gasteiger partial charge in [0.25, 0.3) is 0 Å². The standard InChI is InChI=1S/C30H35F2NO3.C29H32F3NO3S.C28H31F2NO4.C4H8O.Na.H2O/c1-4-25(35)29-17-33(19-8-6-5-7-9-19)16-18(29)12-21-22-14-24(31)23-13-20(34)10-11-27(23,2)30(22,32)26(36)15-28(21,29)3;1-26-9-8-19(34)11-22(26)23(31)12-21-20-10-17-14-33(18-6-4-3-5-7-18)15-28(17,25(36)37-16-30)27(20,2)13-24(35)29(21,26)32;1-25-9-8-18(32)11-21(25)22(29)12-20-19-10-16-14-31(17-6-4-3-5-7-17)15-27(16,24(34)35)26(19,2)13-23(33)28(20,25)30;1-2-4-5-3-1;;/h5-11,13,18,21-22,24,26,36H,4,12,14-17H2,1-3H3;3-9,11,17,20-21,23-24,35H,10,12-16H2,1-2H3;3-9,11,16,19-20,22-23,33H,10,12-15H2,1-2H3,(H,34,35);1-4H2;;1H2/q;;;;+1;/p-1/t18-,21-,22-,24-,26-,27-,28-,29+,30-;17-,20-,21-,23-,24-,26-,27-,28+,29-;16-,19-,20-,22-,23-,25-,26-,27+,28-;;;/m000.../s1. The van der Waals surface area contributed by atoms with Crippen LogP contribution in [0, 0.1) is 102 Å². The summed E-state index contributed by atoms with van der Waals surface area (Å²) in [5, 5.41) is 45.1. The van der Waals surface area contributed by atoms with E-state index in [1.807, 2.05) is 112 Å². The van der Waals surface area contributed by atoms with E-state index in [0.717, 1.165) is 30.3 Å².